The lowest BCUT2D eigenvalue weighted by Gasteiger charge is -2.32. The minimum absolute atomic E-state index is 0.0981. The van der Waals surface area contributed by atoms with E-state index in [1.54, 1.807) is 36.4 Å². The number of hydrogen-bond donors (Lipinski definition) is 1. The van der Waals surface area contributed by atoms with Crippen molar-refractivity contribution in [2.24, 2.45) is 0 Å². The SMILES string of the molecule is O=C(NC1CCCC1)C(Cc1ccccc1)N(Cc1ccc(Cl)cc1Cl)C(=O)COc1ccc(Cl)cc1Cl. The van der Waals surface area contributed by atoms with E-state index >= 15 is 0 Å². The Balaban J connectivity index is 1.64. The zero-order chi connectivity index (χ0) is 27.1. The molecular weight excluding hydrogens is 566 g/mol. The van der Waals surface area contributed by atoms with Crippen molar-refractivity contribution in [2.45, 2.75) is 50.7 Å². The van der Waals surface area contributed by atoms with Gasteiger partial charge in [0.2, 0.25) is 5.91 Å². The first-order chi connectivity index (χ1) is 18.3. The fourth-order valence-electron chi connectivity index (χ4n) is 4.57. The molecular formula is C29H28Cl4N2O3. The third-order valence-electron chi connectivity index (χ3n) is 6.57. The van der Waals surface area contributed by atoms with Gasteiger partial charge in [-0.15, -0.1) is 0 Å². The molecule has 1 unspecified atom stereocenters. The second-order valence-electron chi connectivity index (χ2n) is 9.32. The van der Waals surface area contributed by atoms with E-state index in [0.29, 0.717) is 32.8 Å². The molecule has 1 aliphatic carbocycles. The zero-order valence-corrected chi connectivity index (χ0v) is 23.7. The van der Waals surface area contributed by atoms with Gasteiger partial charge < -0.3 is 15.0 Å². The lowest BCUT2D eigenvalue weighted by atomic mass is 10.0. The molecule has 0 radical (unpaired) electrons. The number of amides is 2. The maximum Gasteiger partial charge on any atom is 0.261 e. The Morgan fingerprint density at radius 2 is 1.55 bits per heavy atom. The average molecular weight is 594 g/mol. The van der Waals surface area contributed by atoms with Gasteiger partial charge in [-0.25, -0.2) is 0 Å². The van der Waals surface area contributed by atoms with Crippen LogP contribution >= 0.6 is 46.4 Å². The second kappa shape index (κ2) is 13.6. The van der Waals surface area contributed by atoms with E-state index in [4.69, 9.17) is 51.1 Å². The van der Waals surface area contributed by atoms with Crippen LogP contribution in [-0.2, 0) is 22.6 Å². The summed E-state index contributed by atoms with van der Waals surface area (Å²) >= 11 is 24.8. The topological polar surface area (TPSA) is 58.6 Å². The van der Waals surface area contributed by atoms with Gasteiger partial charge in [0.15, 0.2) is 6.61 Å². The number of nitrogens with one attached hydrogen (secondary N) is 1. The molecule has 9 heteroatoms. The van der Waals surface area contributed by atoms with E-state index in [2.05, 4.69) is 5.32 Å². The molecule has 1 fully saturated rings. The first-order valence-electron chi connectivity index (χ1n) is 12.5. The van der Waals surface area contributed by atoms with Gasteiger partial charge in [-0.3, -0.25) is 9.59 Å². The Morgan fingerprint density at radius 1 is 0.895 bits per heavy atom. The third kappa shape index (κ3) is 7.79. The van der Waals surface area contributed by atoms with Crippen LogP contribution in [0.1, 0.15) is 36.8 Å². The highest BCUT2D eigenvalue weighted by molar-refractivity contribution is 6.35. The van der Waals surface area contributed by atoms with Crippen molar-refractivity contribution in [3.8, 4) is 5.75 Å². The molecule has 0 bridgehead atoms. The molecule has 1 N–H and O–H groups in total. The van der Waals surface area contributed by atoms with Crippen LogP contribution in [0.25, 0.3) is 0 Å². The highest BCUT2D eigenvalue weighted by atomic mass is 35.5. The summed E-state index contributed by atoms with van der Waals surface area (Å²) < 4.78 is 5.77. The van der Waals surface area contributed by atoms with Gasteiger partial charge in [-0.2, -0.15) is 0 Å². The molecule has 2 amide bonds. The summed E-state index contributed by atoms with van der Waals surface area (Å²) in [6.45, 7) is -0.226. The predicted molar refractivity (Wildman–Crippen MR) is 153 cm³/mol. The lowest BCUT2D eigenvalue weighted by molar-refractivity contribution is -0.143. The zero-order valence-electron chi connectivity index (χ0n) is 20.6. The molecule has 3 aromatic rings. The van der Waals surface area contributed by atoms with Crippen LogP contribution in [0.3, 0.4) is 0 Å². The second-order valence-corrected chi connectivity index (χ2v) is 11.0. The van der Waals surface area contributed by atoms with Gasteiger partial charge in [0.25, 0.3) is 5.91 Å². The van der Waals surface area contributed by atoms with Crippen LogP contribution < -0.4 is 10.1 Å². The first kappa shape index (κ1) is 28.6. The van der Waals surface area contributed by atoms with Crippen molar-refractivity contribution in [1.82, 2.24) is 10.2 Å². The monoisotopic (exact) mass is 592 g/mol. The van der Waals surface area contributed by atoms with Gasteiger partial charge >= 0.3 is 0 Å². The molecule has 1 atom stereocenters. The molecule has 5 nitrogen and oxygen atoms in total. The molecule has 0 aromatic heterocycles. The van der Waals surface area contributed by atoms with Crippen molar-refractivity contribution in [2.75, 3.05) is 6.61 Å². The highest BCUT2D eigenvalue weighted by Crippen LogP contribution is 2.28. The molecule has 0 heterocycles. The van der Waals surface area contributed by atoms with Crippen LogP contribution in [0.5, 0.6) is 5.75 Å². The molecule has 0 aliphatic heterocycles. The molecule has 1 aliphatic rings. The van der Waals surface area contributed by atoms with E-state index < -0.39 is 6.04 Å². The number of nitrogens with zero attached hydrogens (tertiary/aromatic N) is 1. The molecule has 38 heavy (non-hydrogen) atoms. The van der Waals surface area contributed by atoms with Gasteiger partial charge in [0.1, 0.15) is 11.8 Å². The first-order valence-corrected chi connectivity index (χ1v) is 14.0. The lowest BCUT2D eigenvalue weighted by Crippen LogP contribution is -2.53. The normalized spacial score (nSPS) is 14.2. The van der Waals surface area contributed by atoms with Gasteiger partial charge in [0, 0.05) is 34.1 Å². The number of halogens is 4. The van der Waals surface area contributed by atoms with Gasteiger partial charge in [0.05, 0.1) is 5.02 Å². The molecule has 0 spiro atoms. The minimum Gasteiger partial charge on any atom is -0.482 e. The predicted octanol–water partition coefficient (Wildman–Crippen LogP) is 7.38. The van der Waals surface area contributed by atoms with Gasteiger partial charge in [-0.1, -0.05) is 95.6 Å². The summed E-state index contributed by atoms with van der Waals surface area (Å²) in [6.07, 6.45) is 4.34. The minimum atomic E-state index is -0.790. The summed E-state index contributed by atoms with van der Waals surface area (Å²) in [7, 11) is 0. The molecule has 4 rings (SSSR count). The third-order valence-corrected chi connectivity index (χ3v) is 7.69. The summed E-state index contributed by atoms with van der Waals surface area (Å²) in [4.78, 5) is 29.0. The van der Waals surface area contributed by atoms with Crippen molar-refractivity contribution in [3.05, 3.63) is 97.9 Å². The van der Waals surface area contributed by atoms with E-state index in [0.717, 1.165) is 31.2 Å². The van der Waals surface area contributed by atoms with E-state index in [1.165, 1.54) is 4.90 Å². The van der Waals surface area contributed by atoms with E-state index in [9.17, 15) is 9.59 Å². The number of benzene rings is 3. The highest BCUT2D eigenvalue weighted by Gasteiger charge is 2.33. The Kier molecular flexibility index (Phi) is 10.2. The number of carbonyl (C=O) groups is 2. The number of hydrogen-bond acceptors (Lipinski definition) is 3. The smallest absolute Gasteiger partial charge is 0.261 e. The largest absolute Gasteiger partial charge is 0.482 e. The maximum absolute atomic E-state index is 13.7. The number of rotatable bonds is 10. The van der Waals surface area contributed by atoms with Crippen molar-refractivity contribution in [1.29, 1.82) is 0 Å². The van der Waals surface area contributed by atoms with Crippen molar-refractivity contribution < 1.29 is 14.3 Å². The van der Waals surface area contributed by atoms with Crippen molar-refractivity contribution >= 4 is 58.2 Å². The van der Waals surface area contributed by atoms with Crippen LogP contribution in [-0.4, -0.2) is 35.4 Å². The Morgan fingerprint density at radius 3 is 2.21 bits per heavy atom. The number of carbonyl (C=O) groups excluding carboxylic acids is 2. The van der Waals surface area contributed by atoms with Crippen LogP contribution in [0, 0.1) is 0 Å². The fourth-order valence-corrected chi connectivity index (χ4v) is 5.50. The van der Waals surface area contributed by atoms with Crippen molar-refractivity contribution in [3.63, 3.8) is 0 Å². The maximum atomic E-state index is 13.7. The Labute approximate surface area is 243 Å². The van der Waals surface area contributed by atoms with Gasteiger partial charge in [-0.05, 0) is 54.3 Å². The van der Waals surface area contributed by atoms with Crippen LogP contribution in [0.4, 0.5) is 0 Å². The van der Waals surface area contributed by atoms with Crippen LogP contribution in [0.2, 0.25) is 20.1 Å². The summed E-state index contributed by atoms with van der Waals surface area (Å²) in [6, 6.07) is 18.8. The molecule has 200 valence electrons. The van der Waals surface area contributed by atoms with Crippen LogP contribution in [0.15, 0.2) is 66.7 Å². The number of ether oxygens (including phenoxy) is 1. The fraction of sp³-hybridized carbons (Fsp3) is 0.310. The molecule has 0 saturated heterocycles. The standard InChI is InChI=1S/C29H28Cl4N2O3/c30-21-11-10-20(24(32)15-21)17-35(28(36)18-38-27-13-12-22(31)16-25(27)33)26(14-19-6-2-1-3-7-19)29(37)34-23-8-4-5-9-23/h1-3,6-7,10-13,15-16,23,26H,4-5,8-9,14,17-18H2,(H,34,37). The average Bonchev–Trinajstić information content (AvgIpc) is 3.40. The van der Waals surface area contributed by atoms with E-state index in [-0.39, 0.29) is 36.0 Å². The quantitative estimate of drug-likeness (QED) is 0.267. The summed E-state index contributed by atoms with van der Waals surface area (Å²) in [5.74, 6) is -0.267. The molecule has 3 aromatic carbocycles. The Bertz CT molecular complexity index is 1270. The Hall–Kier alpha value is -2.44. The summed E-state index contributed by atoms with van der Waals surface area (Å²) in [5.41, 5.74) is 1.60. The molecule has 1 saturated carbocycles. The summed E-state index contributed by atoms with van der Waals surface area (Å²) in [5, 5.41) is 4.81. The van der Waals surface area contributed by atoms with E-state index in [1.807, 2.05) is 30.3 Å².